The van der Waals surface area contributed by atoms with Gasteiger partial charge in [0.25, 0.3) is 0 Å². The van der Waals surface area contributed by atoms with E-state index >= 15 is 0 Å². The zero-order chi connectivity index (χ0) is 32.8. The van der Waals surface area contributed by atoms with Crippen LogP contribution in [0.25, 0.3) is 103 Å². The molecular formula is C46H27N3S. The molecule has 0 unspecified atom stereocenters. The Morgan fingerprint density at radius 2 is 1.00 bits per heavy atom. The zero-order valence-corrected chi connectivity index (χ0v) is 27.7. The fourth-order valence-corrected chi connectivity index (χ4v) is 9.03. The highest BCUT2D eigenvalue weighted by molar-refractivity contribution is 7.25. The first-order valence-corrected chi connectivity index (χ1v) is 17.7. The van der Waals surface area contributed by atoms with Crippen molar-refractivity contribution in [3.63, 3.8) is 0 Å². The van der Waals surface area contributed by atoms with Crippen molar-refractivity contribution in [3.05, 3.63) is 164 Å². The summed E-state index contributed by atoms with van der Waals surface area (Å²) in [7, 11) is 0. The lowest BCUT2D eigenvalue weighted by Gasteiger charge is -2.12. The minimum atomic E-state index is 0.723. The minimum absolute atomic E-state index is 0.723. The predicted molar refractivity (Wildman–Crippen MR) is 213 cm³/mol. The van der Waals surface area contributed by atoms with E-state index in [1.807, 2.05) is 11.3 Å². The number of hydrogen-bond donors (Lipinski definition) is 0. The molecule has 0 fully saturated rings. The van der Waals surface area contributed by atoms with Crippen LogP contribution in [0.1, 0.15) is 0 Å². The third-order valence-electron chi connectivity index (χ3n) is 10.2. The Kier molecular flexibility index (Phi) is 5.83. The summed E-state index contributed by atoms with van der Waals surface area (Å²) in [5.74, 6) is 0.723. The molecule has 3 aromatic heterocycles. The summed E-state index contributed by atoms with van der Waals surface area (Å²) >= 11 is 1.83. The first kappa shape index (κ1) is 27.6. The third kappa shape index (κ3) is 4.03. The third-order valence-corrected chi connectivity index (χ3v) is 11.3. The Morgan fingerprint density at radius 1 is 0.420 bits per heavy atom. The van der Waals surface area contributed by atoms with E-state index in [0.29, 0.717) is 0 Å². The molecule has 0 saturated carbocycles. The average Bonchev–Trinajstić information content (AvgIpc) is 3.73. The Balaban J connectivity index is 1.09. The minimum Gasteiger partial charge on any atom is -0.309 e. The van der Waals surface area contributed by atoms with Gasteiger partial charge in [-0.3, -0.25) is 0 Å². The van der Waals surface area contributed by atoms with Gasteiger partial charge in [-0.1, -0.05) is 109 Å². The van der Waals surface area contributed by atoms with Gasteiger partial charge in [0.15, 0.2) is 5.82 Å². The molecule has 0 N–H and O–H groups in total. The molecule has 4 heteroatoms. The number of para-hydroxylation sites is 1. The predicted octanol–water partition coefficient (Wildman–Crippen LogP) is 12.7. The maximum absolute atomic E-state index is 5.25. The van der Waals surface area contributed by atoms with Gasteiger partial charge in [0.2, 0.25) is 0 Å². The van der Waals surface area contributed by atoms with Gasteiger partial charge in [-0.05, 0) is 76.1 Å². The molecule has 0 atom stereocenters. The van der Waals surface area contributed by atoms with Crippen LogP contribution in [0, 0.1) is 0 Å². The van der Waals surface area contributed by atoms with E-state index < -0.39 is 0 Å². The molecule has 0 aliphatic heterocycles. The van der Waals surface area contributed by atoms with Gasteiger partial charge in [0, 0.05) is 53.1 Å². The van der Waals surface area contributed by atoms with Crippen LogP contribution in [-0.4, -0.2) is 14.5 Å². The number of rotatable bonds is 3. The lowest BCUT2D eigenvalue weighted by Crippen LogP contribution is -1.97. The molecule has 0 radical (unpaired) electrons. The summed E-state index contributed by atoms with van der Waals surface area (Å²) in [5.41, 5.74) is 7.48. The highest BCUT2D eigenvalue weighted by Gasteiger charge is 2.18. The van der Waals surface area contributed by atoms with Crippen LogP contribution in [0.3, 0.4) is 0 Å². The zero-order valence-electron chi connectivity index (χ0n) is 26.8. The number of hydrogen-bond acceptors (Lipinski definition) is 3. The Labute approximate surface area is 291 Å². The molecule has 3 heterocycles. The lowest BCUT2D eigenvalue weighted by molar-refractivity contribution is 1.18. The highest BCUT2D eigenvalue weighted by Crippen LogP contribution is 2.41. The first-order valence-electron chi connectivity index (χ1n) is 16.9. The van der Waals surface area contributed by atoms with Gasteiger partial charge in [0.1, 0.15) is 0 Å². The summed E-state index contributed by atoms with van der Waals surface area (Å²) in [6, 6.07) is 58.9. The number of fused-ring (bicyclic) bond motifs is 11. The van der Waals surface area contributed by atoms with Crippen LogP contribution in [0.15, 0.2) is 164 Å². The number of thiophene rings is 1. The fraction of sp³-hybridized carbons (Fsp3) is 0. The molecule has 0 saturated heterocycles. The molecule has 0 aliphatic rings. The number of aromatic nitrogens is 3. The van der Waals surface area contributed by atoms with Crippen LogP contribution < -0.4 is 0 Å². The van der Waals surface area contributed by atoms with Crippen LogP contribution in [-0.2, 0) is 0 Å². The van der Waals surface area contributed by atoms with E-state index in [4.69, 9.17) is 9.97 Å². The summed E-state index contributed by atoms with van der Waals surface area (Å²) in [6.07, 6.45) is 0. The van der Waals surface area contributed by atoms with Crippen LogP contribution in [0.2, 0.25) is 0 Å². The molecule has 0 bridgehead atoms. The van der Waals surface area contributed by atoms with E-state index in [1.54, 1.807) is 0 Å². The molecular weight excluding hydrogens is 627 g/mol. The maximum Gasteiger partial charge on any atom is 0.160 e. The van der Waals surface area contributed by atoms with Crippen LogP contribution in [0.4, 0.5) is 0 Å². The summed E-state index contributed by atoms with van der Waals surface area (Å²) < 4.78 is 4.97. The second-order valence-electron chi connectivity index (χ2n) is 13.0. The largest absolute Gasteiger partial charge is 0.309 e. The molecule has 11 aromatic rings. The topological polar surface area (TPSA) is 30.7 Å². The van der Waals surface area contributed by atoms with E-state index in [-0.39, 0.29) is 0 Å². The Hall–Kier alpha value is -6.36. The number of benzene rings is 8. The molecule has 232 valence electrons. The lowest BCUT2D eigenvalue weighted by atomic mass is 10.00. The summed E-state index contributed by atoms with van der Waals surface area (Å²) in [6.45, 7) is 0. The molecule has 8 aromatic carbocycles. The quantitative estimate of drug-likeness (QED) is 0.190. The van der Waals surface area contributed by atoms with Gasteiger partial charge in [0.05, 0.1) is 22.2 Å². The molecule has 3 nitrogen and oxygen atoms in total. The van der Waals surface area contributed by atoms with Gasteiger partial charge in [-0.15, -0.1) is 11.3 Å². The Morgan fingerprint density at radius 3 is 1.72 bits per heavy atom. The van der Waals surface area contributed by atoms with Gasteiger partial charge in [-0.25, -0.2) is 9.97 Å². The standard InChI is InChI=1S/C46H27N3S/c1-3-11-33-28(9-1)20-25-39-43(33)44-34-12-4-2-10-29(34)21-26-40(44)49(39)32-22-17-30(18-23-32)46-47-38-15-7-5-14-37(38)45(48-46)31-19-24-36-35-13-6-8-16-41(35)50-42(36)27-31/h1-27H. The van der Waals surface area contributed by atoms with Gasteiger partial charge >= 0.3 is 0 Å². The fourth-order valence-electron chi connectivity index (χ4n) is 7.88. The second-order valence-corrected chi connectivity index (χ2v) is 14.0. The van der Waals surface area contributed by atoms with E-state index in [9.17, 15) is 0 Å². The van der Waals surface area contributed by atoms with E-state index in [0.717, 1.165) is 39.2 Å². The molecule has 0 spiro atoms. The van der Waals surface area contributed by atoms with Crippen molar-refractivity contribution >= 4 is 85.8 Å². The van der Waals surface area contributed by atoms with Gasteiger partial charge in [-0.2, -0.15) is 0 Å². The number of nitrogens with zero attached hydrogens (tertiary/aromatic N) is 3. The summed E-state index contributed by atoms with van der Waals surface area (Å²) in [4.78, 5) is 10.3. The molecule has 50 heavy (non-hydrogen) atoms. The van der Waals surface area contributed by atoms with E-state index in [2.05, 4.69) is 168 Å². The Bertz CT molecular complexity index is 3060. The van der Waals surface area contributed by atoms with Crippen molar-refractivity contribution in [1.29, 1.82) is 0 Å². The SMILES string of the molecule is c1ccc2c(c1)ccc1c2c2c3ccccc3ccc2n1-c1ccc(-c2nc(-c3ccc4c(c3)sc3ccccc34)c3ccccc3n2)cc1. The van der Waals surface area contributed by atoms with E-state index in [1.165, 1.54) is 63.5 Å². The van der Waals surface area contributed by atoms with Crippen LogP contribution >= 0.6 is 11.3 Å². The van der Waals surface area contributed by atoms with Crippen molar-refractivity contribution in [1.82, 2.24) is 14.5 Å². The normalized spacial score (nSPS) is 12.0. The van der Waals surface area contributed by atoms with Crippen LogP contribution in [0.5, 0.6) is 0 Å². The smallest absolute Gasteiger partial charge is 0.160 e. The monoisotopic (exact) mass is 653 g/mol. The maximum atomic E-state index is 5.25. The highest BCUT2D eigenvalue weighted by atomic mass is 32.1. The average molecular weight is 654 g/mol. The molecule has 11 rings (SSSR count). The molecule has 0 aliphatic carbocycles. The second kappa shape index (κ2) is 10.6. The molecule has 0 amide bonds. The van der Waals surface area contributed by atoms with Crippen molar-refractivity contribution in [2.24, 2.45) is 0 Å². The van der Waals surface area contributed by atoms with Crippen molar-refractivity contribution in [2.75, 3.05) is 0 Å². The van der Waals surface area contributed by atoms with Gasteiger partial charge < -0.3 is 4.57 Å². The summed E-state index contributed by atoms with van der Waals surface area (Å²) in [5, 5.41) is 11.3. The van der Waals surface area contributed by atoms with Crippen molar-refractivity contribution in [2.45, 2.75) is 0 Å². The first-order chi connectivity index (χ1) is 24.8. The van der Waals surface area contributed by atoms with Crippen molar-refractivity contribution < 1.29 is 0 Å². The van der Waals surface area contributed by atoms with Crippen molar-refractivity contribution in [3.8, 4) is 28.3 Å².